The van der Waals surface area contributed by atoms with Crippen LogP contribution in [0, 0.1) is 5.92 Å². The van der Waals surface area contributed by atoms with Crippen LogP contribution in [0.1, 0.15) is 40.2 Å². The molecular weight excluding hydrogens is 488 g/mol. The number of benzene rings is 2. The number of carbonyl (C=O) groups is 3. The fourth-order valence-corrected chi connectivity index (χ4v) is 4.82. The minimum Gasteiger partial charge on any atom is -0.481 e. The highest BCUT2D eigenvalue weighted by molar-refractivity contribution is 6.30. The summed E-state index contributed by atoms with van der Waals surface area (Å²) >= 11 is 5.99. The lowest BCUT2D eigenvalue weighted by Gasteiger charge is -2.35. The Kier molecular flexibility index (Phi) is 9.58. The van der Waals surface area contributed by atoms with Crippen LogP contribution < -0.4 is 11.5 Å². The number of aliphatic carboxylic acids is 1. The maximum atomic E-state index is 12.9. The molecule has 0 aliphatic carbocycles. The number of rotatable bonds is 12. The minimum atomic E-state index is -1.84. The third kappa shape index (κ3) is 6.48. The Bertz CT molecular complexity index is 1090. The van der Waals surface area contributed by atoms with E-state index in [1.54, 1.807) is 24.3 Å². The van der Waals surface area contributed by atoms with E-state index in [9.17, 15) is 24.6 Å². The first kappa shape index (κ1) is 27.8. The molecule has 36 heavy (non-hydrogen) atoms. The van der Waals surface area contributed by atoms with Gasteiger partial charge in [-0.05, 0) is 59.2 Å². The van der Waals surface area contributed by atoms with Gasteiger partial charge in [-0.1, -0.05) is 35.9 Å². The lowest BCUT2D eigenvalue weighted by molar-refractivity contribution is -0.142. The zero-order valence-electron chi connectivity index (χ0n) is 19.8. The van der Waals surface area contributed by atoms with Crippen molar-refractivity contribution < 1.29 is 34.1 Å². The van der Waals surface area contributed by atoms with Crippen LogP contribution in [0.5, 0.6) is 0 Å². The van der Waals surface area contributed by atoms with E-state index >= 15 is 0 Å². The van der Waals surface area contributed by atoms with Crippen LogP contribution in [0.4, 0.5) is 0 Å². The van der Waals surface area contributed by atoms with Gasteiger partial charge in [0.15, 0.2) is 0 Å². The summed E-state index contributed by atoms with van der Waals surface area (Å²) in [6, 6.07) is 10.8. The van der Waals surface area contributed by atoms with Crippen molar-refractivity contribution in [3.63, 3.8) is 0 Å². The number of halogens is 1. The molecule has 1 aliphatic rings. The number of hydrogen-bond donors (Lipinski definition) is 4. The summed E-state index contributed by atoms with van der Waals surface area (Å²) in [6.07, 6.45) is 1.31. The Labute approximate surface area is 214 Å². The second-order valence-corrected chi connectivity index (χ2v) is 9.45. The summed E-state index contributed by atoms with van der Waals surface area (Å²) in [4.78, 5) is 36.5. The van der Waals surface area contributed by atoms with Crippen molar-refractivity contribution >= 4 is 29.8 Å². The number of aliphatic hydroxyl groups is 1. The number of primary amides is 1. The van der Waals surface area contributed by atoms with Crippen molar-refractivity contribution in [1.82, 2.24) is 0 Å². The molecule has 1 heterocycles. The molecule has 10 heteroatoms. The van der Waals surface area contributed by atoms with Crippen LogP contribution in [0.3, 0.4) is 0 Å². The summed E-state index contributed by atoms with van der Waals surface area (Å²) in [5, 5.41) is 20.1. The van der Waals surface area contributed by atoms with E-state index in [0.717, 1.165) is 5.56 Å². The number of aldehydes is 1. The highest BCUT2D eigenvalue weighted by Crippen LogP contribution is 2.39. The van der Waals surface area contributed by atoms with Crippen LogP contribution in [0.15, 0.2) is 36.4 Å². The third-order valence-electron chi connectivity index (χ3n) is 6.48. The topological polar surface area (TPSA) is 162 Å². The van der Waals surface area contributed by atoms with E-state index in [4.69, 9.17) is 32.5 Å². The molecule has 3 rings (SSSR count). The molecule has 1 amide bonds. The van der Waals surface area contributed by atoms with Gasteiger partial charge < -0.3 is 35.9 Å². The molecule has 2 aromatic rings. The lowest BCUT2D eigenvalue weighted by atomic mass is 9.73. The number of hydrogen-bond acceptors (Lipinski definition) is 7. The molecule has 2 atom stereocenters. The van der Waals surface area contributed by atoms with E-state index in [-0.39, 0.29) is 38.4 Å². The summed E-state index contributed by atoms with van der Waals surface area (Å²) in [6.45, 7) is -0.285. The maximum absolute atomic E-state index is 12.9. The van der Waals surface area contributed by atoms with Crippen LogP contribution in [-0.2, 0) is 48.7 Å². The second kappa shape index (κ2) is 12.4. The predicted octanol–water partition coefficient (Wildman–Crippen LogP) is 1.68. The molecule has 1 saturated heterocycles. The zero-order chi connectivity index (χ0) is 26.3. The first-order chi connectivity index (χ1) is 17.2. The van der Waals surface area contributed by atoms with Gasteiger partial charge in [0, 0.05) is 17.4 Å². The number of carbonyl (C=O) groups excluding carboxylic acids is 2. The van der Waals surface area contributed by atoms with Crippen molar-refractivity contribution in [3.8, 4) is 0 Å². The molecule has 1 aliphatic heterocycles. The van der Waals surface area contributed by atoms with Gasteiger partial charge in [-0.15, -0.1) is 0 Å². The fraction of sp³-hybridized carbons (Fsp3) is 0.423. The van der Waals surface area contributed by atoms with Crippen molar-refractivity contribution in [2.24, 2.45) is 17.4 Å². The van der Waals surface area contributed by atoms with Crippen LogP contribution in [0.25, 0.3) is 0 Å². The van der Waals surface area contributed by atoms with Gasteiger partial charge in [0.1, 0.15) is 18.6 Å². The van der Waals surface area contributed by atoms with Crippen molar-refractivity contribution in [1.29, 1.82) is 0 Å². The smallest absolute Gasteiger partial charge is 0.303 e. The Morgan fingerprint density at radius 3 is 2.28 bits per heavy atom. The number of carboxylic acid groups (broad SMARTS) is 1. The third-order valence-corrected chi connectivity index (χ3v) is 6.74. The van der Waals surface area contributed by atoms with E-state index in [2.05, 4.69) is 0 Å². The van der Waals surface area contributed by atoms with E-state index in [1.165, 1.54) is 0 Å². The largest absolute Gasteiger partial charge is 0.481 e. The molecule has 0 saturated carbocycles. The first-order valence-corrected chi connectivity index (χ1v) is 12.0. The van der Waals surface area contributed by atoms with Crippen molar-refractivity contribution in [2.75, 3.05) is 26.6 Å². The Hall–Kier alpha value is -2.82. The average molecular weight is 519 g/mol. The SMILES string of the molecule is NC(=O)C(c1c(CCC(=O)O)ccc(CCc2ccc(Cl)cc2)c1C(N)(C=O)CO)C1COCOC1. The van der Waals surface area contributed by atoms with Gasteiger partial charge >= 0.3 is 5.97 Å². The molecule has 1 fully saturated rings. The molecule has 194 valence electrons. The number of aliphatic hydroxyl groups excluding tert-OH is 1. The fourth-order valence-electron chi connectivity index (χ4n) is 4.69. The summed E-state index contributed by atoms with van der Waals surface area (Å²) < 4.78 is 10.8. The van der Waals surface area contributed by atoms with Crippen molar-refractivity contribution in [3.05, 3.63) is 69.2 Å². The molecular formula is C26H31ClN2O7. The molecule has 0 bridgehead atoms. The summed E-state index contributed by atoms with van der Waals surface area (Å²) in [5.74, 6) is -3.17. The monoisotopic (exact) mass is 518 g/mol. The van der Waals surface area contributed by atoms with Gasteiger partial charge in [0.25, 0.3) is 0 Å². The molecule has 0 radical (unpaired) electrons. The standard InChI is InChI=1S/C26H31ClN2O7/c27-20-8-2-16(3-9-20)1-4-18-6-5-17(7-10-21(32)33)22(24(18)26(29,13-30)14-31)23(25(28)34)19-11-35-15-36-12-19/h2-3,5-6,8-9,13,19,23,31H,1,4,7,10-12,14-15,29H2,(H2,28,34)(H,32,33). The highest BCUT2D eigenvalue weighted by Gasteiger charge is 2.40. The van der Waals surface area contributed by atoms with Gasteiger partial charge in [0.05, 0.1) is 25.7 Å². The van der Waals surface area contributed by atoms with Gasteiger partial charge in [-0.2, -0.15) is 0 Å². The average Bonchev–Trinajstić information content (AvgIpc) is 2.87. The van der Waals surface area contributed by atoms with Gasteiger partial charge in [0.2, 0.25) is 5.91 Å². The van der Waals surface area contributed by atoms with Crippen molar-refractivity contribution in [2.45, 2.75) is 37.1 Å². The summed E-state index contributed by atoms with van der Waals surface area (Å²) in [5.41, 5.74) is 13.3. The molecule has 9 nitrogen and oxygen atoms in total. The van der Waals surface area contributed by atoms with Crippen LogP contribution >= 0.6 is 11.6 Å². The normalized spacial score (nSPS) is 16.8. The van der Waals surface area contributed by atoms with Gasteiger partial charge in [-0.3, -0.25) is 9.59 Å². The molecule has 0 spiro atoms. The minimum absolute atomic E-state index is 0.0770. The number of ether oxygens (including phenoxy) is 2. The Morgan fingerprint density at radius 2 is 1.72 bits per heavy atom. The quantitative estimate of drug-likeness (QED) is 0.308. The van der Waals surface area contributed by atoms with E-state index in [1.807, 2.05) is 12.1 Å². The van der Waals surface area contributed by atoms with Gasteiger partial charge in [-0.25, -0.2) is 0 Å². The molecule has 0 aromatic heterocycles. The number of amides is 1. The Balaban J connectivity index is 2.20. The zero-order valence-corrected chi connectivity index (χ0v) is 20.6. The lowest BCUT2D eigenvalue weighted by Crippen LogP contribution is -2.46. The Morgan fingerprint density at radius 1 is 1.08 bits per heavy atom. The first-order valence-electron chi connectivity index (χ1n) is 11.6. The van der Waals surface area contributed by atoms with E-state index < -0.39 is 35.9 Å². The van der Waals surface area contributed by atoms with Crippen LogP contribution in [-0.4, -0.2) is 55.0 Å². The number of nitrogens with two attached hydrogens (primary N) is 2. The number of carboxylic acids is 1. The highest BCUT2D eigenvalue weighted by atomic mass is 35.5. The molecule has 2 aromatic carbocycles. The predicted molar refractivity (Wildman–Crippen MR) is 132 cm³/mol. The molecule has 6 N–H and O–H groups in total. The molecule has 2 unspecified atom stereocenters. The van der Waals surface area contributed by atoms with Crippen LogP contribution in [0.2, 0.25) is 5.02 Å². The number of aryl methyl sites for hydroxylation is 3. The van der Waals surface area contributed by atoms with E-state index in [0.29, 0.717) is 40.8 Å². The summed E-state index contributed by atoms with van der Waals surface area (Å²) in [7, 11) is 0. The second-order valence-electron chi connectivity index (χ2n) is 9.01. The maximum Gasteiger partial charge on any atom is 0.303 e.